The minimum absolute atomic E-state index is 0.337. The second-order valence-electron chi connectivity index (χ2n) is 3.62. The van der Waals surface area contributed by atoms with E-state index in [2.05, 4.69) is 29.5 Å². The number of nitrogens with one attached hydrogen (secondary N) is 1. The van der Waals surface area contributed by atoms with Crippen LogP contribution >= 0.6 is 0 Å². The Labute approximate surface area is 89.9 Å². The summed E-state index contributed by atoms with van der Waals surface area (Å²) >= 11 is 0. The number of hydrogen-bond donors (Lipinski definition) is 1. The third-order valence-electron chi connectivity index (χ3n) is 2.45. The van der Waals surface area contributed by atoms with Gasteiger partial charge in [-0.15, -0.1) is 0 Å². The molecular weight excluding hydrogens is 190 g/mol. The fourth-order valence-electron chi connectivity index (χ4n) is 1.58. The Hall–Kier alpha value is -1.13. The third-order valence-corrected chi connectivity index (χ3v) is 2.45. The van der Waals surface area contributed by atoms with Gasteiger partial charge in [-0.3, -0.25) is 4.68 Å². The zero-order chi connectivity index (χ0) is 10.5. The van der Waals surface area contributed by atoms with Crippen LogP contribution < -0.4 is 5.32 Å². The molecule has 0 aromatic carbocycles. The molecule has 15 heavy (non-hydrogen) atoms. The second-order valence-corrected chi connectivity index (χ2v) is 3.62. The van der Waals surface area contributed by atoms with Gasteiger partial charge < -0.3 is 10.1 Å². The van der Waals surface area contributed by atoms with Gasteiger partial charge >= 0.3 is 0 Å². The molecule has 1 aliphatic rings. The van der Waals surface area contributed by atoms with Crippen molar-refractivity contribution < 1.29 is 4.74 Å². The Balaban J connectivity index is 1.91. The van der Waals surface area contributed by atoms with E-state index in [-0.39, 0.29) is 0 Å². The number of ether oxygens (including phenoxy) is 1. The standard InChI is InChI=1S/C11H17N3O/c1-2-14-8-10(7-13-14)3-4-11-9-15-6-5-12-11/h3-4,7-8,11-12H,2,5-6,9H2,1H3/b4-3+. The van der Waals surface area contributed by atoms with Crippen molar-refractivity contribution in [3.8, 4) is 0 Å². The highest BCUT2D eigenvalue weighted by Crippen LogP contribution is 2.03. The van der Waals surface area contributed by atoms with E-state index in [9.17, 15) is 0 Å². The molecule has 2 heterocycles. The average molecular weight is 207 g/mol. The van der Waals surface area contributed by atoms with Crippen LogP contribution in [-0.4, -0.2) is 35.6 Å². The summed E-state index contributed by atoms with van der Waals surface area (Å²) in [5.74, 6) is 0. The average Bonchev–Trinajstić information content (AvgIpc) is 2.76. The zero-order valence-electron chi connectivity index (χ0n) is 9.02. The summed E-state index contributed by atoms with van der Waals surface area (Å²) in [4.78, 5) is 0. The van der Waals surface area contributed by atoms with Crippen LogP contribution in [0.5, 0.6) is 0 Å². The van der Waals surface area contributed by atoms with Crippen LogP contribution in [0.25, 0.3) is 6.08 Å². The van der Waals surface area contributed by atoms with Crippen LogP contribution in [0, 0.1) is 0 Å². The third kappa shape index (κ3) is 2.91. The van der Waals surface area contributed by atoms with E-state index < -0.39 is 0 Å². The monoisotopic (exact) mass is 207 g/mol. The lowest BCUT2D eigenvalue weighted by Gasteiger charge is -2.20. The Kier molecular flexibility index (Phi) is 3.53. The fourth-order valence-corrected chi connectivity index (χ4v) is 1.58. The topological polar surface area (TPSA) is 39.1 Å². The van der Waals surface area contributed by atoms with Gasteiger partial charge in [0.15, 0.2) is 0 Å². The van der Waals surface area contributed by atoms with Crippen molar-refractivity contribution in [2.45, 2.75) is 19.5 Å². The summed E-state index contributed by atoms with van der Waals surface area (Å²) in [5.41, 5.74) is 1.14. The highest BCUT2D eigenvalue weighted by molar-refractivity contribution is 5.47. The molecule has 1 saturated heterocycles. The minimum Gasteiger partial charge on any atom is -0.378 e. The number of aryl methyl sites for hydroxylation is 1. The number of morpholine rings is 1. The molecule has 1 N–H and O–H groups in total. The lowest BCUT2D eigenvalue weighted by atomic mass is 10.2. The van der Waals surface area contributed by atoms with Gasteiger partial charge in [-0.25, -0.2) is 0 Å². The molecule has 0 saturated carbocycles. The van der Waals surface area contributed by atoms with Gasteiger partial charge in [-0.05, 0) is 6.92 Å². The molecule has 0 radical (unpaired) electrons. The molecule has 4 nitrogen and oxygen atoms in total. The van der Waals surface area contributed by atoms with Crippen LogP contribution in [0.1, 0.15) is 12.5 Å². The number of nitrogens with zero attached hydrogens (tertiary/aromatic N) is 2. The molecule has 2 rings (SSSR count). The molecule has 1 atom stereocenters. The fraction of sp³-hybridized carbons (Fsp3) is 0.545. The molecule has 0 spiro atoms. The van der Waals surface area contributed by atoms with Crippen LogP contribution in [0.4, 0.5) is 0 Å². The predicted octanol–water partition coefficient (Wildman–Crippen LogP) is 0.905. The Bertz CT molecular complexity index is 326. The summed E-state index contributed by atoms with van der Waals surface area (Å²) in [6.07, 6.45) is 8.14. The number of hydrogen-bond acceptors (Lipinski definition) is 3. The smallest absolute Gasteiger partial charge is 0.0656 e. The van der Waals surface area contributed by atoms with E-state index in [1.807, 2.05) is 17.1 Å². The molecule has 0 aliphatic carbocycles. The first-order valence-corrected chi connectivity index (χ1v) is 5.40. The Morgan fingerprint density at radius 3 is 3.33 bits per heavy atom. The largest absolute Gasteiger partial charge is 0.378 e. The normalized spacial score (nSPS) is 22.3. The first kappa shape index (κ1) is 10.4. The van der Waals surface area contributed by atoms with Crippen molar-refractivity contribution in [2.75, 3.05) is 19.8 Å². The maximum absolute atomic E-state index is 5.36. The van der Waals surface area contributed by atoms with E-state index in [1.165, 1.54) is 0 Å². The molecule has 1 fully saturated rings. The summed E-state index contributed by atoms with van der Waals surface area (Å²) in [7, 11) is 0. The van der Waals surface area contributed by atoms with Gasteiger partial charge in [-0.1, -0.05) is 12.2 Å². The Morgan fingerprint density at radius 1 is 1.73 bits per heavy atom. The first-order chi connectivity index (χ1) is 7.38. The highest BCUT2D eigenvalue weighted by Gasteiger charge is 2.08. The molecule has 82 valence electrons. The number of rotatable bonds is 3. The van der Waals surface area contributed by atoms with Gasteiger partial charge in [-0.2, -0.15) is 5.10 Å². The quantitative estimate of drug-likeness (QED) is 0.800. The summed E-state index contributed by atoms with van der Waals surface area (Å²) in [6, 6.07) is 0.337. The van der Waals surface area contributed by atoms with Crippen molar-refractivity contribution in [3.05, 3.63) is 24.0 Å². The van der Waals surface area contributed by atoms with Gasteiger partial charge in [0.1, 0.15) is 0 Å². The molecule has 1 aromatic heterocycles. The lowest BCUT2D eigenvalue weighted by molar-refractivity contribution is 0.0903. The molecule has 0 bridgehead atoms. The molecule has 1 unspecified atom stereocenters. The van der Waals surface area contributed by atoms with Crippen molar-refractivity contribution in [3.63, 3.8) is 0 Å². The SMILES string of the molecule is CCn1cc(/C=C/C2COCCN2)cn1. The van der Waals surface area contributed by atoms with Gasteiger partial charge in [0.05, 0.1) is 19.4 Å². The maximum Gasteiger partial charge on any atom is 0.0656 e. The zero-order valence-corrected chi connectivity index (χ0v) is 9.02. The molecule has 1 aromatic rings. The first-order valence-electron chi connectivity index (χ1n) is 5.40. The highest BCUT2D eigenvalue weighted by atomic mass is 16.5. The maximum atomic E-state index is 5.36. The minimum atomic E-state index is 0.337. The second kappa shape index (κ2) is 5.09. The van der Waals surface area contributed by atoms with E-state index in [1.54, 1.807) is 0 Å². The van der Waals surface area contributed by atoms with Crippen molar-refractivity contribution in [2.24, 2.45) is 0 Å². The van der Waals surface area contributed by atoms with E-state index >= 15 is 0 Å². The van der Waals surface area contributed by atoms with Crippen LogP contribution in [0.15, 0.2) is 18.5 Å². The van der Waals surface area contributed by atoms with Crippen LogP contribution in [0.3, 0.4) is 0 Å². The molecule has 4 heteroatoms. The van der Waals surface area contributed by atoms with Crippen LogP contribution in [-0.2, 0) is 11.3 Å². The van der Waals surface area contributed by atoms with E-state index in [0.717, 1.165) is 31.9 Å². The molecule has 0 amide bonds. The van der Waals surface area contributed by atoms with Crippen molar-refractivity contribution >= 4 is 6.08 Å². The Morgan fingerprint density at radius 2 is 2.67 bits per heavy atom. The predicted molar refractivity (Wildman–Crippen MR) is 59.5 cm³/mol. The lowest BCUT2D eigenvalue weighted by Crippen LogP contribution is -2.39. The number of aromatic nitrogens is 2. The van der Waals surface area contributed by atoms with Crippen molar-refractivity contribution in [1.29, 1.82) is 0 Å². The molecule has 1 aliphatic heterocycles. The van der Waals surface area contributed by atoms with Gasteiger partial charge in [0, 0.05) is 30.9 Å². The van der Waals surface area contributed by atoms with Crippen LogP contribution in [0.2, 0.25) is 0 Å². The van der Waals surface area contributed by atoms with Gasteiger partial charge in [0.2, 0.25) is 0 Å². The summed E-state index contributed by atoms with van der Waals surface area (Å²) < 4.78 is 7.28. The summed E-state index contributed by atoms with van der Waals surface area (Å²) in [5, 5.41) is 7.58. The van der Waals surface area contributed by atoms with Gasteiger partial charge in [0.25, 0.3) is 0 Å². The van der Waals surface area contributed by atoms with E-state index in [4.69, 9.17) is 4.74 Å². The summed E-state index contributed by atoms with van der Waals surface area (Å²) in [6.45, 7) is 5.51. The van der Waals surface area contributed by atoms with Crippen molar-refractivity contribution in [1.82, 2.24) is 15.1 Å². The van der Waals surface area contributed by atoms with E-state index in [0.29, 0.717) is 6.04 Å². The molecular formula is C11H17N3O.